The van der Waals surface area contributed by atoms with Crippen molar-refractivity contribution in [2.45, 2.75) is 25.9 Å². The number of benzene rings is 2. The Morgan fingerprint density at radius 1 is 0.857 bits per heavy atom. The molecule has 0 heterocycles. The van der Waals surface area contributed by atoms with Crippen molar-refractivity contribution in [2.75, 3.05) is 13.1 Å². The number of rotatable bonds is 9. The standard InChI is InChI=1S/C20H24N2O6/c1-11-3-5-15(16(24)9-11)18(20(27)28)22-8-7-21-17(19(25)26)14-6-4-13(23)10-12(14)2/h3-6,9-10,17-18,21-24H,7-8H2,1-2H3,(H,25,26)(H,27,28). The first kappa shape index (κ1) is 21.2. The maximum Gasteiger partial charge on any atom is 0.325 e. The lowest BCUT2D eigenvalue weighted by molar-refractivity contribution is -0.141. The zero-order valence-corrected chi connectivity index (χ0v) is 15.6. The van der Waals surface area contributed by atoms with Gasteiger partial charge in [0.05, 0.1) is 0 Å². The number of hydrogen-bond acceptors (Lipinski definition) is 6. The highest BCUT2D eigenvalue weighted by molar-refractivity contribution is 5.77. The molecule has 6 N–H and O–H groups in total. The van der Waals surface area contributed by atoms with Gasteiger partial charge in [0.1, 0.15) is 23.6 Å². The van der Waals surface area contributed by atoms with Crippen LogP contribution < -0.4 is 10.6 Å². The Hall–Kier alpha value is -3.10. The molecular weight excluding hydrogens is 364 g/mol. The van der Waals surface area contributed by atoms with Crippen LogP contribution in [0.2, 0.25) is 0 Å². The van der Waals surface area contributed by atoms with Crippen LogP contribution in [0.5, 0.6) is 11.5 Å². The van der Waals surface area contributed by atoms with Crippen molar-refractivity contribution < 1.29 is 30.0 Å². The van der Waals surface area contributed by atoms with E-state index in [1.54, 1.807) is 26.0 Å². The van der Waals surface area contributed by atoms with Crippen LogP contribution in [0.25, 0.3) is 0 Å². The number of aromatic hydroxyl groups is 2. The molecule has 150 valence electrons. The number of aryl methyl sites for hydroxylation is 2. The zero-order chi connectivity index (χ0) is 20.8. The second-order valence-corrected chi connectivity index (χ2v) is 6.55. The molecule has 0 spiro atoms. The van der Waals surface area contributed by atoms with Crippen molar-refractivity contribution in [1.82, 2.24) is 10.6 Å². The van der Waals surface area contributed by atoms with Gasteiger partial charge in [-0.3, -0.25) is 20.2 Å². The molecule has 0 saturated heterocycles. The maximum atomic E-state index is 11.6. The minimum Gasteiger partial charge on any atom is -0.508 e. The van der Waals surface area contributed by atoms with E-state index in [4.69, 9.17) is 0 Å². The van der Waals surface area contributed by atoms with Crippen LogP contribution in [-0.2, 0) is 9.59 Å². The highest BCUT2D eigenvalue weighted by Gasteiger charge is 2.24. The molecule has 0 amide bonds. The van der Waals surface area contributed by atoms with E-state index < -0.39 is 24.0 Å². The van der Waals surface area contributed by atoms with E-state index in [2.05, 4.69) is 10.6 Å². The van der Waals surface area contributed by atoms with Gasteiger partial charge in [-0.25, -0.2) is 0 Å². The lowest BCUT2D eigenvalue weighted by Gasteiger charge is -2.19. The predicted molar refractivity (Wildman–Crippen MR) is 102 cm³/mol. The minimum absolute atomic E-state index is 0.0502. The van der Waals surface area contributed by atoms with Crippen molar-refractivity contribution in [3.63, 3.8) is 0 Å². The molecule has 0 bridgehead atoms. The van der Waals surface area contributed by atoms with Gasteiger partial charge < -0.3 is 20.4 Å². The summed E-state index contributed by atoms with van der Waals surface area (Å²) < 4.78 is 0. The Morgan fingerprint density at radius 3 is 1.89 bits per heavy atom. The van der Waals surface area contributed by atoms with Crippen molar-refractivity contribution in [2.24, 2.45) is 0 Å². The third-order valence-electron chi connectivity index (χ3n) is 4.38. The average Bonchev–Trinajstić information content (AvgIpc) is 2.59. The van der Waals surface area contributed by atoms with Crippen molar-refractivity contribution >= 4 is 11.9 Å². The summed E-state index contributed by atoms with van der Waals surface area (Å²) in [5.41, 5.74) is 2.18. The Bertz CT molecular complexity index is 796. The Balaban J connectivity index is 2.03. The Labute approximate surface area is 162 Å². The SMILES string of the molecule is Cc1ccc(C(NCCNC(C(=O)O)c2ccc(O)cc2C)C(=O)O)c(O)c1. The number of aliphatic carboxylic acids is 2. The summed E-state index contributed by atoms with van der Waals surface area (Å²) in [5, 5.41) is 44.1. The van der Waals surface area contributed by atoms with Crippen LogP contribution in [0.3, 0.4) is 0 Å². The molecule has 0 aromatic heterocycles. The van der Waals surface area contributed by atoms with E-state index >= 15 is 0 Å². The fourth-order valence-electron chi connectivity index (χ4n) is 2.98. The second kappa shape index (κ2) is 9.20. The topological polar surface area (TPSA) is 139 Å². The summed E-state index contributed by atoms with van der Waals surface area (Å²) in [6, 6.07) is 7.04. The van der Waals surface area contributed by atoms with Gasteiger partial charge >= 0.3 is 11.9 Å². The molecule has 2 aromatic carbocycles. The second-order valence-electron chi connectivity index (χ2n) is 6.55. The molecule has 0 fully saturated rings. The Kier molecular flexibility index (Phi) is 6.97. The van der Waals surface area contributed by atoms with Gasteiger partial charge in [-0.05, 0) is 48.7 Å². The first-order chi connectivity index (χ1) is 13.2. The molecule has 0 aliphatic carbocycles. The van der Waals surface area contributed by atoms with Crippen molar-refractivity contribution in [1.29, 1.82) is 0 Å². The molecule has 28 heavy (non-hydrogen) atoms. The van der Waals surface area contributed by atoms with Gasteiger partial charge in [0.2, 0.25) is 0 Å². The van der Waals surface area contributed by atoms with E-state index in [0.29, 0.717) is 11.1 Å². The molecule has 0 aliphatic rings. The van der Waals surface area contributed by atoms with E-state index in [1.807, 2.05) is 0 Å². The molecule has 8 nitrogen and oxygen atoms in total. The van der Waals surface area contributed by atoms with E-state index in [1.165, 1.54) is 24.3 Å². The summed E-state index contributed by atoms with van der Waals surface area (Å²) in [7, 11) is 0. The number of carbonyl (C=O) groups is 2. The van der Waals surface area contributed by atoms with Crippen molar-refractivity contribution in [3.8, 4) is 11.5 Å². The monoisotopic (exact) mass is 388 g/mol. The third kappa shape index (κ3) is 5.21. The summed E-state index contributed by atoms with van der Waals surface area (Å²) >= 11 is 0. The molecule has 2 aromatic rings. The lowest BCUT2D eigenvalue weighted by atomic mass is 10.0. The van der Waals surface area contributed by atoms with Gasteiger partial charge in [-0.2, -0.15) is 0 Å². The van der Waals surface area contributed by atoms with Crippen LogP contribution in [0.15, 0.2) is 36.4 Å². The largest absolute Gasteiger partial charge is 0.508 e. The van der Waals surface area contributed by atoms with Gasteiger partial charge in [-0.1, -0.05) is 18.2 Å². The van der Waals surface area contributed by atoms with Crippen LogP contribution >= 0.6 is 0 Å². The number of nitrogens with one attached hydrogen (secondary N) is 2. The number of phenols is 2. The third-order valence-corrected chi connectivity index (χ3v) is 4.38. The quantitative estimate of drug-likeness (QED) is 0.358. The number of carboxylic acids is 2. The van der Waals surface area contributed by atoms with Gasteiger partial charge in [-0.15, -0.1) is 0 Å². The lowest BCUT2D eigenvalue weighted by Crippen LogP contribution is -2.37. The maximum absolute atomic E-state index is 11.6. The van der Waals surface area contributed by atoms with E-state index in [-0.39, 0.29) is 30.2 Å². The van der Waals surface area contributed by atoms with Gasteiger partial charge in [0.15, 0.2) is 0 Å². The Morgan fingerprint density at radius 2 is 1.39 bits per heavy atom. The smallest absolute Gasteiger partial charge is 0.325 e. The average molecular weight is 388 g/mol. The highest BCUT2D eigenvalue weighted by Crippen LogP contribution is 2.25. The summed E-state index contributed by atoms with van der Waals surface area (Å²) in [4.78, 5) is 23.2. The van der Waals surface area contributed by atoms with Crippen LogP contribution in [0, 0.1) is 13.8 Å². The highest BCUT2D eigenvalue weighted by atomic mass is 16.4. The predicted octanol–water partition coefficient (Wildman–Crippen LogP) is 1.85. The van der Waals surface area contributed by atoms with Crippen LogP contribution in [0.4, 0.5) is 0 Å². The molecular formula is C20H24N2O6. The first-order valence-corrected chi connectivity index (χ1v) is 8.72. The fourth-order valence-corrected chi connectivity index (χ4v) is 2.98. The molecule has 0 aliphatic heterocycles. The molecule has 0 radical (unpaired) electrons. The van der Waals surface area contributed by atoms with Crippen LogP contribution in [0.1, 0.15) is 34.3 Å². The molecule has 8 heteroatoms. The molecule has 2 rings (SSSR count). The number of hydrogen-bond donors (Lipinski definition) is 6. The molecule has 2 atom stereocenters. The first-order valence-electron chi connectivity index (χ1n) is 8.72. The van der Waals surface area contributed by atoms with Gasteiger partial charge in [0, 0.05) is 18.7 Å². The van der Waals surface area contributed by atoms with E-state index in [0.717, 1.165) is 5.56 Å². The van der Waals surface area contributed by atoms with E-state index in [9.17, 15) is 30.0 Å². The summed E-state index contributed by atoms with van der Waals surface area (Å²) in [5.74, 6) is -2.30. The number of phenolic OH excluding ortho intramolecular Hbond substituents is 2. The molecule has 2 unspecified atom stereocenters. The number of carboxylic acid groups (broad SMARTS) is 2. The molecule has 0 saturated carbocycles. The normalized spacial score (nSPS) is 13.1. The summed E-state index contributed by atoms with van der Waals surface area (Å²) in [6.45, 7) is 3.82. The summed E-state index contributed by atoms with van der Waals surface area (Å²) in [6.07, 6.45) is 0. The zero-order valence-electron chi connectivity index (χ0n) is 15.6. The minimum atomic E-state index is -1.15. The van der Waals surface area contributed by atoms with Crippen molar-refractivity contribution in [3.05, 3.63) is 58.7 Å². The van der Waals surface area contributed by atoms with Gasteiger partial charge in [0.25, 0.3) is 0 Å². The van der Waals surface area contributed by atoms with Crippen LogP contribution in [-0.4, -0.2) is 45.5 Å². The fraction of sp³-hybridized carbons (Fsp3) is 0.300.